The van der Waals surface area contributed by atoms with Gasteiger partial charge in [-0.2, -0.15) is 0 Å². The normalized spacial score (nSPS) is 12.6. The summed E-state index contributed by atoms with van der Waals surface area (Å²) >= 11 is 13.7. The smallest absolute Gasteiger partial charge is 0.128 e. The summed E-state index contributed by atoms with van der Waals surface area (Å²) < 4.78 is 14.0. The van der Waals surface area contributed by atoms with Crippen molar-refractivity contribution in [3.05, 3.63) is 55.9 Å². The average Bonchev–Trinajstić information content (AvgIpc) is 2.80. The maximum Gasteiger partial charge on any atom is 0.128 e. The minimum atomic E-state index is -0.275. The summed E-state index contributed by atoms with van der Waals surface area (Å²) in [5, 5.41) is 6.40. The Morgan fingerprint density at radius 1 is 1.32 bits per heavy atom. The Balaban J connectivity index is 2.42. The lowest BCUT2D eigenvalue weighted by atomic mass is 10.0. The van der Waals surface area contributed by atoms with E-state index >= 15 is 0 Å². The molecule has 5 heteroatoms. The van der Waals surface area contributed by atoms with Gasteiger partial charge in [0.15, 0.2) is 0 Å². The molecule has 0 fully saturated rings. The van der Waals surface area contributed by atoms with Crippen LogP contribution >= 0.6 is 34.5 Å². The van der Waals surface area contributed by atoms with Gasteiger partial charge in [0.1, 0.15) is 5.82 Å². The summed E-state index contributed by atoms with van der Waals surface area (Å²) in [5.74, 6) is -0.275. The van der Waals surface area contributed by atoms with Crippen LogP contribution in [0.2, 0.25) is 10.0 Å². The molecular formula is C14H14Cl2FNS. The first-order chi connectivity index (χ1) is 9.13. The summed E-state index contributed by atoms with van der Waals surface area (Å²) in [6.45, 7) is 2.85. The van der Waals surface area contributed by atoms with Crippen LogP contribution in [0.4, 0.5) is 4.39 Å². The fourth-order valence-corrected chi connectivity index (χ4v) is 3.32. The maximum absolute atomic E-state index is 14.0. The van der Waals surface area contributed by atoms with E-state index in [4.69, 9.17) is 23.2 Å². The third kappa shape index (κ3) is 3.48. The number of nitrogens with one attached hydrogen (secondary N) is 1. The van der Waals surface area contributed by atoms with Crippen molar-refractivity contribution in [2.24, 2.45) is 0 Å². The van der Waals surface area contributed by atoms with E-state index in [9.17, 15) is 4.39 Å². The lowest BCUT2D eigenvalue weighted by Gasteiger charge is -2.19. The zero-order valence-electron chi connectivity index (χ0n) is 10.4. The molecule has 1 N–H and O–H groups in total. The van der Waals surface area contributed by atoms with Crippen LogP contribution in [-0.2, 0) is 0 Å². The van der Waals surface area contributed by atoms with E-state index in [0.29, 0.717) is 15.6 Å². The lowest BCUT2D eigenvalue weighted by Crippen LogP contribution is -2.23. The summed E-state index contributed by atoms with van der Waals surface area (Å²) in [6.07, 6.45) is 0.960. The van der Waals surface area contributed by atoms with Crippen molar-refractivity contribution >= 4 is 34.5 Å². The van der Waals surface area contributed by atoms with Gasteiger partial charge in [0.2, 0.25) is 0 Å². The highest BCUT2D eigenvalue weighted by Crippen LogP contribution is 2.34. The number of rotatable bonds is 5. The molecule has 1 heterocycles. The van der Waals surface area contributed by atoms with E-state index < -0.39 is 0 Å². The van der Waals surface area contributed by atoms with Crippen molar-refractivity contribution in [1.29, 1.82) is 0 Å². The number of hydrogen-bond donors (Lipinski definition) is 1. The summed E-state index contributed by atoms with van der Waals surface area (Å²) in [7, 11) is 0. The second-order valence-corrected chi connectivity index (χ2v) is 5.98. The van der Waals surface area contributed by atoms with Crippen LogP contribution < -0.4 is 5.32 Å². The van der Waals surface area contributed by atoms with Crippen molar-refractivity contribution in [3.63, 3.8) is 0 Å². The van der Waals surface area contributed by atoms with Gasteiger partial charge in [-0.3, -0.25) is 0 Å². The second-order valence-electron chi connectivity index (χ2n) is 4.19. The minimum Gasteiger partial charge on any atom is -0.305 e. The van der Waals surface area contributed by atoms with E-state index in [1.54, 1.807) is 12.1 Å². The van der Waals surface area contributed by atoms with Gasteiger partial charge in [0.25, 0.3) is 0 Å². The fraction of sp³-hybridized carbons (Fsp3) is 0.286. The minimum absolute atomic E-state index is 0.258. The van der Waals surface area contributed by atoms with Crippen molar-refractivity contribution in [2.45, 2.75) is 19.4 Å². The molecule has 0 aliphatic rings. The molecule has 1 aromatic heterocycles. The van der Waals surface area contributed by atoms with E-state index in [-0.39, 0.29) is 11.9 Å². The van der Waals surface area contributed by atoms with Crippen molar-refractivity contribution in [3.8, 4) is 0 Å². The number of hydrogen-bond acceptors (Lipinski definition) is 2. The molecular weight excluding hydrogens is 304 g/mol. The Hall–Kier alpha value is -0.610. The van der Waals surface area contributed by atoms with Gasteiger partial charge >= 0.3 is 0 Å². The van der Waals surface area contributed by atoms with Crippen LogP contribution in [-0.4, -0.2) is 6.54 Å². The van der Waals surface area contributed by atoms with Gasteiger partial charge in [-0.1, -0.05) is 30.1 Å². The number of halogens is 3. The first-order valence-electron chi connectivity index (χ1n) is 6.04. The van der Waals surface area contributed by atoms with Crippen molar-refractivity contribution < 1.29 is 4.39 Å². The Kier molecular flexibility index (Phi) is 5.22. The number of benzene rings is 1. The molecule has 0 amide bonds. The Labute approximate surface area is 126 Å². The molecule has 0 aliphatic heterocycles. The van der Waals surface area contributed by atoms with Crippen LogP contribution in [0, 0.1) is 5.82 Å². The highest BCUT2D eigenvalue weighted by molar-refractivity contribution is 7.10. The molecule has 1 aromatic carbocycles. The monoisotopic (exact) mass is 317 g/mol. The molecule has 1 atom stereocenters. The number of thiophene rings is 1. The summed E-state index contributed by atoms with van der Waals surface area (Å²) in [4.78, 5) is 0.913. The molecule has 2 rings (SSSR count). The molecule has 19 heavy (non-hydrogen) atoms. The molecule has 0 aliphatic carbocycles. The van der Waals surface area contributed by atoms with Gasteiger partial charge in [-0.05, 0) is 42.6 Å². The summed E-state index contributed by atoms with van der Waals surface area (Å²) in [5.41, 5.74) is 0.533. The van der Waals surface area contributed by atoms with Crippen LogP contribution in [0.25, 0.3) is 0 Å². The second kappa shape index (κ2) is 6.71. The third-order valence-corrected chi connectivity index (χ3v) is 4.43. The van der Waals surface area contributed by atoms with Gasteiger partial charge in [0.05, 0.1) is 11.1 Å². The molecule has 102 valence electrons. The maximum atomic E-state index is 14.0. The Morgan fingerprint density at radius 2 is 2.11 bits per heavy atom. The van der Waals surface area contributed by atoms with Crippen molar-refractivity contribution in [1.82, 2.24) is 5.32 Å². The van der Waals surface area contributed by atoms with Crippen LogP contribution in [0.1, 0.15) is 29.8 Å². The quantitative estimate of drug-likeness (QED) is 0.790. The first kappa shape index (κ1) is 14.8. The highest BCUT2D eigenvalue weighted by Gasteiger charge is 2.21. The Bertz CT molecular complexity index is 556. The topological polar surface area (TPSA) is 12.0 Å². The first-order valence-corrected chi connectivity index (χ1v) is 7.68. The van der Waals surface area contributed by atoms with Gasteiger partial charge in [-0.25, -0.2) is 4.39 Å². The molecule has 0 bridgehead atoms. The summed E-state index contributed by atoms with van der Waals surface area (Å²) in [6, 6.07) is 6.16. The highest BCUT2D eigenvalue weighted by atomic mass is 35.5. The molecule has 0 saturated heterocycles. The largest absolute Gasteiger partial charge is 0.305 e. The molecule has 0 saturated carbocycles. The van der Waals surface area contributed by atoms with Crippen LogP contribution in [0.15, 0.2) is 29.6 Å². The standard InChI is InChI=1S/C14H14Cl2FNS/c1-2-6-18-13(14-11(16)5-7-19-14)10-8-9(15)3-4-12(10)17/h3-5,7-8,13,18H,2,6H2,1H3. The van der Waals surface area contributed by atoms with Crippen LogP contribution in [0.5, 0.6) is 0 Å². The molecule has 2 aromatic rings. The predicted molar refractivity (Wildman–Crippen MR) is 80.9 cm³/mol. The third-order valence-electron chi connectivity index (χ3n) is 2.77. The van der Waals surface area contributed by atoms with E-state index in [0.717, 1.165) is 17.8 Å². The lowest BCUT2D eigenvalue weighted by molar-refractivity contribution is 0.551. The SMILES string of the molecule is CCCNC(c1cc(Cl)ccc1F)c1sccc1Cl. The van der Waals surface area contributed by atoms with Gasteiger partial charge in [0, 0.05) is 15.5 Å². The van der Waals surface area contributed by atoms with Crippen molar-refractivity contribution in [2.75, 3.05) is 6.54 Å². The Morgan fingerprint density at radius 3 is 2.74 bits per heavy atom. The average molecular weight is 318 g/mol. The van der Waals surface area contributed by atoms with E-state index in [1.165, 1.54) is 17.4 Å². The van der Waals surface area contributed by atoms with E-state index in [2.05, 4.69) is 12.2 Å². The fourth-order valence-electron chi connectivity index (χ4n) is 1.88. The van der Waals surface area contributed by atoms with E-state index in [1.807, 2.05) is 11.4 Å². The molecule has 1 unspecified atom stereocenters. The van der Waals surface area contributed by atoms with Gasteiger partial charge < -0.3 is 5.32 Å². The van der Waals surface area contributed by atoms with Gasteiger partial charge in [-0.15, -0.1) is 11.3 Å². The molecule has 0 radical (unpaired) electrons. The van der Waals surface area contributed by atoms with Crippen LogP contribution in [0.3, 0.4) is 0 Å². The molecule has 1 nitrogen and oxygen atoms in total. The zero-order valence-corrected chi connectivity index (χ0v) is 12.7. The zero-order chi connectivity index (χ0) is 13.8. The molecule has 0 spiro atoms. The predicted octanol–water partition coefficient (Wildman–Crippen LogP) is 5.28.